The van der Waals surface area contributed by atoms with E-state index in [9.17, 15) is 13.2 Å². The number of hydrogen-bond acceptors (Lipinski definition) is 4. The molecule has 2 rings (SSSR count). The average Bonchev–Trinajstić information content (AvgIpc) is 2.67. The number of anilines is 1. The summed E-state index contributed by atoms with van der Waals surface area (Å²) in [7, 11) is -2.40. The molecule has 1 atom stereocenters. The smallest absolute Gasteiger partial charge is 0.264 e. The van der Waals surface area contributed by atoms with Crippen molar-refractivity contribution in [1.82, 2.24) is 5.32 Å². The summed E-state index contributed by atoms with van der Waals surface area (Å²) in [6, 6.07) is 14.7. The maximum atomic E-state index is 13.2. The van der Waals surface area contributed by atoms with E-state index in [2.05, 4.69) is 5.32 Å². The Morgan fingerprint density at radius 1 is 1.15 bits per heavy atom. The van der Waals surface area contributed by atoms with E-state index in [0.29, 0.717) is 11.4 Å². The maximum Gasteiger partial charge on any atom is 0.264 e. The number of sulfonamides is 1. The van der Waals surface area contributed by atoms with Gasteiger partial charge in [0.1, 0.15) is 12.3 Å². The Balaban J connectivity index is 2.38. The van der Waals surface area contributed by atoms with Gasteiger partial charge < -0.3 is 10.1 Å². The van der Waals surface area contributed by atoms with Gasteiger partial charge in [0, 0.05) is 12.1 Å². The van der Waals surface area contributed by atoms with Crippen molar-refractivity contribution in [2.24, 2.45) is 0 Å². The number of benzene rings is 2. The van der Waals surface area contributed by atoms with Crippen LogP contribution in [0.4, 0.5) is 5.69 Å². The zero-order valence-corrected chi connectivity index (χ0v) is 16.7. The minimum Gasteiger partial charge on any atom is -0.497 e. The van der Waals surface area contributed by atoms with Crippen LogP contribution in [0, 0.1) is 0 Å². The maximum absolute atomic E-state index is 13.2. The Morgan fingerprint density at radius 3 is 2.48 bits per heavy atom. The van der Waals surface area contributed by atoms with Gasteiger partial charge in [-0.1, -0.05) is 37.6 Å². The SMILES string of the molecule is CCC[C@@H](C)NC(=O)CN(c1cccc(OC)c1)S(=O)(=O)c1ccccc1. The molecule has 2 aromatic carbocycles. The molecule has 2 aromatic rings. The largest absolute Gasteiger partial charge is 0.497 e. The molecule has 6 nitrogen and oxygen atoms in total. The van der Waals surface area contributed by atoms with E-state index in [4.69, 9.17) is 4.74 Å². The minimum absolute atomic E-state index is 0.0194. The van der Waals surface area contributed by atoms with Crippen LogP contribution >= 0.6 is 0 Å². The number of nitrogens with one attached hydrogen (secondary N) is 1. The number of ether oxygens (including phenoxy) is 1. The highest BCUT2D eigenvalue weighted by atomic mass is 32.2. The molecule has 0 bridgehead atoms. The summed E-state index contributed by atoms with van der Waals surface area (Å²) in [5, 5.41) is 2.86. The summed E-state index contributed by atoms with van der Waals surface area (Å²) in [5.41, 5.74) is 0.372. The van der Waals surface area contributed by atoms with Crippen LogP contribution in [0.2, 0.25) is 0 Å². The second kappa shape index (κ2) is 9.41. The Kier molecular flexibility index (Phi) is 7.24. The van der Waals surface area contributed by atoms with Gasteiger partial charge in [0.25, 0.3) is 10.0 Å². The van der Waals surface area contributed by atoms with Crippen molar-refractivity contribution in [2.75, 3.05) is 18.0 Å². The molecular formula is C20H26N2O4S. The van der Waals surface area contributed by atoms with E-state index >= 15 is 0 Å². The van der Waals surface area contributed by atoms with Gasteiger partial charge in [0.05, 0.1) is 17.7 Å². The third-order valence-corrected chi connectivity index (χ3v) is 5.88. The third kappa shape index (κ3) is 5.47. The number of carbonyl (C=O) groups excluding carboxylic acids is 1. The fourth-order valence-electron chi connectivity index (χ4n) is 2.76. The summed E-state index contributed by atoms with van der Waals surface area (Å²) in [6.07, 6.45) is 1.76. The topological polar surface area (TPSA) is 75.7 Å². The molecule has 0 spiro atoms. The number of amides is 1. The monoisotopic (exact) mass is 390 g/mol. The van der Waals surface area contributed by atoms with Crippen LogP contribution in [-0.2, 0) is 14.8 Å². The van der Waals surface area contributed by atoms with Crippen molar-refractivity contribution >= 4 is 21.6 Å². The van der Waals surface area contributed by atoms with Gasteiger partial charge in [0.15, 0.2) is 0 Å². The van der Waals surface area contributed by atoms with Gasteiger partial charge in [0.2, 0.25) is 5.91 Å². The van der Waals surface area contributed by atoms with Crippen molar-refractivity contribution in [3.8, 4) is 5.75 Å². The van der Waals surface area contributed by atoms with E-state index in [0.717, 1.165) is 17.1 Å². The lowest BCUT2D eigenvalue weighted by Gasteiger charge is -2.25. The van der Waals surface area contributed by atoms with Crippen molar-refractivity contribution in [2.45, 2.75) is 37.6 Å². The molecule has 0 heterocycles. The van der Waals surface area contributed by atoms with Crippen molar-refractivity contribution < 1.29 is 17.9 Å². The molecule has 0 aliphatic carbocycles. The van der Waals surface area contributed by atoms with E-state index < -0.39 is 10.0 Å². The normalized spacial score (nSPS) is 12.3. The van der Waals surface area contributed by atoms with Crippen molar-refractivity contribution in [3.63, 3.8) is 0 Å². The number of hydrogen-bond donors (Lipinski definition) is 1. The fourth-order valence-corrected chi connectivity index (χ4v) is 4.19. The molecule has 0 aliphatic heterocycles. The molecule has 0 fully saturated rings. The second-order valence-corrected chi connectivity index (χ2v) is 8.15. The number of nitrogens with zero attached hydrogens (tertiary/aromatic N) is 1. The lowest BCUT2D eigenvalue weighted by atomic mass is 10.2. The predicted molar refractivity (Wildman–Crippen MR) is 106 cm³/mol. The number of methoxy groups -OCH3 is 1. The van der Waals surface area contributed by atoms with Gasteiger partial charge in [-0.25, -0.2) is 8.42 Å². The Labute approximate surface area is 161 Å². The minimum atomic E-state index is -3.91. The fraction of sp³-hybridized carbons (Fsp3) is 0.350. The Hall–Kier alpha value is -2.54. The van der Waals surface area contributed by atoms with Crippen LogP contribution in [-0.4, -0.2) is 34.0 Å². The first-order valence-corrected chi connectivity index (χ1v) is 10.3. The summed E-state index contributed by atoms with van der Waals surface area (Å²) in [6.45, 7) is 3.63. The van der Waals surface area contributed by atoms with Crippen molar-refractivity contribution in [3.05, 3.63) is 54.6 Å². The zero-order chi connectivity index (χ0) is 19.9. The van der Waals surface area contributed by atoms with E-state index in [-0.39, 0.29) is 23.4 Å². The van der Waals surface area contributed by atoms with Gasteiger partial charge >= 0.3 is 0 Å². The Bertz CT molecular complexity index is 853. The van der Waals surface area contributed by atoms with Crippen LogP contribution < -0.4 is 14.4 Å². The molecule has 0 saturated heterocycles. The number of rotatable bonds is 9. The zero-order valence-electron chi connectivity index (χ0n) is 15.9. The van der Waals surface area contributed by atoms with Gasteiger partial charge in [-0.15, -0.1) is 0 Å². The second-order valence-electron chi connectivity index (χ2n) is 6.28. The van der Waals surface area contributed by atoms with E-state index in [1.165, 1.54) is 19.2 Å². The standard InChI is InChI=1S/C20H26N2O4S/c1-4-9-16(2)21-20(23)15-22(17-10-8-11-18(14-17)26-3)27(24,25)19-12-6-5-7-13-19/h5-8,10-14,16H,4,9,15H2,1-3H3,(H,21,23)/t16-/m1/s1. The van der Waals surface area contributed by atoms with E-state index in [1.807, 2.05) is 13.8 Å². The quantitative estimate of drug-likeness (QED) is 0.713. The predicted octanol–water partition coefficient (Wildman–Crippen LogP) is 3.20. The molecule has 0 unspecified atom stereocenters. The van der Waals surface area contributed by atoms with Gasteiger partial charge in [-0.2, -0.15) is 0 Å². The molecule has 0 radical (unpaired) electrons. The molecular weight excluding hydrogens is 364 g/mol. The van der Waals surface area contributed by atoms with Crippen LogP contribution in [0.1, 0.15) is 26.7 Å². The highest BCUT2D eigenvalue weighted by Crippen LogP contribution is 2.26. The first kappa shape index (κ1) is 20.8. The highest BCUT2D eigenvalue weighted by molar-refractivity contribution is 7.92. The van der Waals surface area contributed by atoms with Crippen LogP contribution in [0.25, 0.3) is 0 Å². The lowest BCUT2D eigenvalue weighted by molar-refractivity contribution is -0.120. The van der Waals surface area contributed by atoms with Gasteiger partial charge in [-0.3, -0.25) is 9.10 Å². The molecule has 0 aromatic heterocycles. The summed E-state index contributed by atoms with van der Waals surface area (Å²) < 4.78 is 32.7. The van der Waals surface area contributed by atoms with Crippen LogP contribution in [0.3, 0.4) is 0 Å². The molecule has 1 amide bonds. The van der Waals surface area contributed by atoms with Crippen molar-refractivity contribution in [1.29, 1.82) is 0 Å². The number of carbonyl (C=O) groups is 1. The first-order valence-electron chi connectivity index (χ1n) is 8.89. The highest BCUT2D eigenvalue weighted by Gasteiger charge is 2.27. The van der Waals surface area contributed by atoms with Gasteiger partial charge in [-0.05, 0) is 37.6 Å². The summed E-state index contributed by atoms with van der Waals surface area (Å²) in [4.78, 5) is 12.6. The molecule has 0 aliphatic rings. The first-order chi connectivity index (χ1) is 12.9. The molecule has 146 valence electrons. The Morgan fingerprint density at radius 2 is 1.85 bits per heavy atom. The third-order valence-electron chi connectivity index (χ3n) is 4.09. The average molecular weight is 391 g/mol. The van der Waals surface area contributed by atoms with E-state index in [1.54, 1.807) is 42.5 Å². The van der Waals surface area contributed by atoms with Crippen LogP contribution in [0.15, 0.2) is 59.5 Å². The molecule has 0 saturated carbocycles. The van der Waals surface area contributed by atoms with Crippen LogP contribution in [0.5, 0.6) is 5.75 Å². The molecule has 7 heteroatoms. The lowest BCUT2D eigenvalue weighted by Crippen LogP contribution is -2.43. The summed E-state index contributed by atoms with van der Waals surface area (Å²) >= 11 is 0. The molecule has 27 heavy (non-hydrogen) atoms. The summed E-state index contributed by atoms with van der Waals surface area (Å²) in [5.74, 6) is 0.166. The molecule has 1 N–H and O–H groups in total.